The molecule has 1 saturated heterocycles. The van der Waals surface area contributed by atoms with E-state index in [1.165, 1.54) is 11.1 Å². The molecule has 0 unspecified atom stereocenters. The van der Waals surface area contributed by atoms with Gasteiger partial charge in [-0.15, -0.1) is 0 Å². The Bertz CT molecular complexity index is 700. The van der Waals surface area contributed by atoms with Gasteiger partial charge in [-0.3, -0.25) is 4.98 Å². The standard InChI is InChI=1S/C19H21N3O/c1-15-13-18(7-10-20-15)21-19(23)22-11-8-17(9-12-22)14-16-5-3-2-4-6-16/h2-7,10,13-14H,8-9,11-12H2,1H3,(H,20,21,23). The number of aromatic nitrogens is 1. The van der Waals surface area contributed by atoms with Crippen molar-refractivity contribution in [1.82, 2.24) is 9.88 Å². The Labute approximate surface area is 136 Å². The number of carbonyl (C=O) groups excluding carboxylic acids is 1. The molecule has 1 aliphatic rings. The van der Waals surface area contributed by atoms with Gasteiger partial charge in [0, 0.05) is 30.7 Å². The zero-order valence-corrected chi connectivity index (χ0v) is 13.3. The van der Waals surface area contributed by atoms with Crippen molar-refractivity contribution in [3.05, 3.63) is 65.5 Å². The molecule has 2 amide bonds. The maximum Gasteiger partial charge on any atom is 0.321 e. The first-order valence-corrected chi connectivity index (χ1v) is 7.94. The Morgan fingerprint density at radius 2 is 1.91 bits per heavy atom. The minimum atomic E-state index is -0.0330. The number of nitrogens with zero attached hydrogens (tertiary/aromatic N) is 2. The fourth-order valence-electron chi connectivity index (χ4n) is 2.75. The van der Waals surface area contributed by atoms with E-state index in [1.54, 1.807) is 6.20 Å². The lowest BCUT2D eigenvalue weighted by atomic mass is 10.0. The molecule has 3 rings (SSSR count). The highest BCUT2D eigenvalue weighted by molar-refractivity contribution is 5.89. The molecule has 1 N–H and O–H groups in total. The van der Waals surface area contributed by atoms with Crippen molar-refractivity contribution in [3.63, 3.8) is 0 Å². The van der Waals surface area contributed by atoms with Crippen LogP contribution in [0.5, 0.6) is 0 Å². The van der Waals surface area contributed by atoms with Crippen molar-refractivity contribution >= 4 is 17.8 Å². The molecule has 2 heterocycles. The molecule has 23 heavy (non-hydrogen) atoms. The molecule has 0 saturated carbocycles. The van der Waals surface area contributed by atoms with E-state index < -0.39 is 0 Å². The Morgan fingerprint density at radius 3 is 2.61 bits per heavy atom. The second kappa shape index (κ2) is 7.09. The Morgan fingerprint density at radius 1 is 1.17 bits per heavy atom. The molecular formula is C19H21N3O. The summed E-state index contributed by atoms with van der Waals surface area (Å²) in [5.41, 5.74) is 4.33. The Kier molecular flexibility index (Phi) is 4.71. The van der Waals surface area contributed by atoms with E-state index in [0.29, 0.717) is 0 Å². The van der Waals surface area contributed by atoms with Gasteiger partial charge in [-0.2, -0.15) is 0 Å². The monoisotopic (exact) mass is 307 g/mol. The number of rotatable bonds is 2. The van der Waals surface area contributed by atoms with Crippen molar-refractivity contribution in [1.29, 1.82) is 0 Å². The summed E-state index contributed by atoms with van der Waals surface area (Å²) < 4.78 is 0. The Balaban J connectivity index is 1.56. The maximum absolute atomic E-state index is 12.3. The van der Waals surface area contributed by atoms with Crippen molar-refractivity contribution in [2.75, 3.05) is 18.4 Å². The summed E-state index contributed by atoms with van der Waals surface area (Å²) in [4.78, 5) is 18.3. The van der Waals surface area contributed by atoms with Gasteiger partial charge in [0.05, 0.1) is 0 Å². The lowest BCUT2D eigenvalue weighted by Crippen LogP contribution is -2.39. The number of amides is 2. The van der Waals surface area contributed by atoms with Crippen molar-refractivity contribution in [2.45, 2.75) is 19.8 Å². The van der Waals surface area contributed by atoms with Gasteiger partial charge in [0.15, 0.2) is 0 Å². The molecule has 1 fully saturated rings. The number of urea groups is 1. The number of pyridine rings is 1. The summed E-state index contributed by atoms with van der Waals surface area (Å²) in [5, 5.41) is 2.94. The zero-order chi connectivity index (χ0) is 16.1. The number of anilines is 1. The lowest BCUT2D eigenvalue weighted by Gasteiger charge is -2.28. The molecule has 0 spiro atoms. The van der Waals surface area contributed by atoms with E-state index >= 15 is 0 Å². The first-order valence-electron chi connectivity index (χ1n) is 7.94. The second-order valence-corrected chi connectivity index (χ2v) is 5.82. The van der Waals surface area contributed by atoms with E-state index in [2.05, 4.69) is 28.5 Å². The lowest BCUT2D eigenvalue weighted by molar-refractivity contribution is 0.208. The van der Waals surface area contributed by atoms with Crippen molar-refractivity contribution < 1.29 is 4.79 Å². The molecular weight excluding hydrogens is 286 g/mol. The third-order valence-electron chi connectivity index (χ3n) is 4.01. The predicted molar refractivity (Wildman–Crippen MR) is 93.2 cm³/mol. The summed E-state index contributed by atoms with van der Waals surface area (Å²) in [5.74, 6) is 0. The number of likely N-dealkylation sites (tertiary alicyclic amines) is 1. The van der Waals surface area contributed by atoms with Crippen LogP contribution in [0, 0.1) is 6.92 Å². The van der Waals surface area contributed by atoms with Gasteiger partial charge >= 0.3 is 6.03 Å². The number of piperidine rings is 1. The van der Waals surface area contributed by atoms with E-state index in [9.17, 15) is 4.79 Å². The maximum atomic E-state index is 12.3. The summed E-state index contributed by atoms with van der Waals surface area (Å²) in [6.07, 6.45) is 5.80. The fourth-order valence-corrected chi connectivity index (χ4v) is 2.75. The molecule has 1 aromatic heterocycles. The molecule has 118 valence electrons. The van der Waals surface area contributed by atoms with Crippen LogP contribution in [0.1, 0.15) is 24.1 Å². The molecule has 0 radical (unpaired) electrons. The Hall–Kier alpha value is -2.62. The molecule has 2 aromatic rings. The molecule has 0 aliphatic carbocycles. The summed E-state index contributed by atoms with van der Waals surface area (Å²) in [6.45, 7) is 3.43. The van der Waals surface area contributed by atoms with Gasteiger partial charge in [0.1, 0.15) is 0 Å². The van der Waals surface area contributed by atoms with E-state index in [0.717, 1.165) is 37.3 Å². The van der Waals surface area contributed by atoms with Crippen LogP contribution in [0.25, 0.3) is 6.08 Å². The molecule has 1 aliphatic heterocycles. The second-order valence-electron chi connectivity index (χ2n) is 5.82. The normalized spacial score (nSPS) is 14.5. The van der Waals surface area contributed by atoms with Crippen molar-refractivity contribution in [3.8, 4) is 0 Å². The minimum Gasteiger partial charge on any atom is -0.324 e. The minimum absolute atomic E-state index is 0.0330. The molecule has 4 nitrogen and oxygen atoms in total. The van der Waals surface area contributed by atoms with Gasteiger partial charge in [-0.05, 0) is 37.5 Å². The summed E-state index contributed by atoms with van der Waals surface area (Å²) in [6, 6.07) is 14.0. The third-order valence-corrected chi connectivity index (χ3v) is 4.01. The largest absolute Gasteiger partial charge is 0.324 e. The number of benzene rings is 1. The highest BCUT2D eigenvalue weighted by atomic mass is 16.2. The fraction of sp³-hybridized carbons (Fsp3) is 0.263. The molecule has 4 heteroatoms. The van der Waals surface area contributed by atoms with Crippen LogP contribution in [-0.2, 0) is 0 Å². The average Bonchev–Trinajstić information content (AvgIpc) is 2.56. The van der Waals surface area contributed by atoms with Crippen LogP contribution in [0.2, 0.25) is 0 Å². The van der Waals surface area contributed by atoms with Gasteiger partial charge in [-0.25, -0.2) is 4.79 Å². The number of carbonyl (C=O) groups is 1. The van der Waals surface area contributed by atoms with Crippen LogP contribution in [0.3, 0.4) is 0 Å². The van der Waals surface area contributed by atoms with Crippen LogP contribution >= 0.6 is 0 Å². The average molecular weight is 307 g/mol. The van der Waals surface area contributed by atoms with E-state index in [1.807, 2.05) is 42.2 Å². The topological polar surface area (TPSA) is 45.2 Å². The van der Waals surface area contributed by atoms with Gasteiger partial charge in [0.2, 0.25) is 0 Å². The van der Waals surface area contributed by atoms with Gasteiger partial charge < -0.3 is 10.2 Å². The van der Waals surface area contributed by atoms with Gasteiger partial charge in [0.25, 0.3) is 0 Å². The summed E-state index contributed by atoms with van der Waals surface area (Å²) in [7, 11) is 0. The van der Waals surface area contributed by atoms with E-state index in [-0.39, 0.29) is 6.03 Å². The third kappa shape index (κ3) is 4.19. The number of aryl methyl sites for hydroxylation is 1. The van der Waals surface area contributed by atoms with E-state index in [4.69, 9.17) is 0 Å². The molecule has 1 aromatic carbocycles. The van der Waals surface area contributed by atoms with Crippen LogP contribution in [-0.4, -0.2) is 29.0 Å². The van der Waals surface area contributed by atoms with Crippen molar-refractivity contribution in [2.24, 2.45) is 0 Å². The van der Waals surface area contributed by atoms with Crippen LogP contribution in [0.15, 0.2) is 54.2 Å². The number of hydrogen-bond donors (Lipinski definition) is 1. The first kappa shape index (κ1) is 15.3. The summed E-state index contributed by atoms with van der Waals surface area (Å²) >= 11 is 0. The highest BCUT2D eigenvalue weighted by Crippen LogP contribution is 2.20. The van der Waals surface area contributed by atoms with Crippen LogP contribution in [0.4, 0.5) is 10.5 Å². The molecule has 0 atom stereocenters. The quantitative estimate of drug-likeness (QED) is 0.908. The SMILES string of the molecule is Cc1cc(NC(=O)N2CCC(=Cc3ccccc3)CC2)ccn1. The number of nitrogens with one attached hydrogen (secondary N) is 1. The highest BCUT2D eigenvalue weighted by Gasteiger charge is 2.19. The zero-order valence-electron chi connectivity index (χ0n) is 13.3. The molecule has 0 bridgehead atoms. The predicted octanol–water partition coefficient (Wildman–Crippen LogP) is 4.10. The smallest absolute Gasteiger partial charge is 0.321 e. The first-order chi connectivity index (χ1) is 11.2. The van der Waals surface area contributed by atoms with Gasteiger partial charge in [-0.1, -0.05) is 42.0 Å². The van der Waals surface area contributed by atoms with Crippen LogP contribution < -0.4 is 5.32 Å². The number of hydrogen-bond acceptors (Lipinski definition) is 2.